The Kier molecular flexibility index (Phi) is 11.5. The Morgan fingerprint density at radius 2 is 1.15 bits per heavy atom. The molecule has 2 aromatic heterocycles. The zero-order valence-electron chi connectivity index (χ0n) is 29.0. The van der Waals surface area contributed by atoms with Gasteiger partial charge >= 0.3 is 18.1 Å². The fourth-order valence-electron chi connectivity index (χ4n) is 5.64. The number of carbonyl (C=O) groups is 2. The van der Waals surface area contributed by atoms with Gasteiger partial charge in [-0.25, -0.2) is 9.59 Å². The van der Waals surface area contributed by atoms with Crippen molar-refractivity contribution in [1.29, 1.82) is 0 Å². The maximum absolute atomic E-state index is 13.3. The van der Waals surface area contributed by atoms with Gasteiger partial charge in [-0.3, -0.25) is 9.97 Å². The topological polar surface area (TPSA) is 124 Å². The van der Waals surface area contributed by atoms with E-state index in [0.717, 1.165) is 39.7 Å². The number of hydrogen-bond acceptors (Lipinski definition) is 6. The Morgan fingerprint density at radius 1 is 0.642 bits per heavy atom. The van der Waals surface area contributed by atoms with Crippen molar-refractivity contribution >= 4 is 46.3 Å². The number of benzene rings is 4. The van der Waals surface area contributed by atoms with E-state index in [1.807, 2.05) is 50.2 Å². The van der Waals surface area contributed by atoms with Crippen molar-refractivity contribution in [1.82, 2.24) is 9.97 Å². The fraction of sp³-hybridized carbons (Fsp3) is 0.122. The molecule has 6 rings (SSSR count). The van der Waals surface area contributed by atoms with Crippen LogP contribution in [0.3, 0.4) is 0 Å². The molecule has 4 aromatic carbocycles. The number of alkyl halides is 3. The van der Waals surface area contributed by atoms with Crippen LogP contribution in [0, 0.1) is 27.7 Å². The molecule has 2 heterocycles. The van der Waals surface area contributed by atoms with Crippen molar-refractivity contribution in [2.75, 3.05) is 10.6 Å². The van der Waals surface area contributed by atoms with Gasteiger partial charge in [0, 0.05) is 16.1 Å². The summed E-state index contributed by atoms with van der Waals surface area (Å²) >= 11 is 6.05. The summed E-state index contributed by atoms with van der Waals surface area (Å²) in [6.07, 6.45) is -1.41. The smallest absolute Gasteiger partial charge is 0.417 e. The minimum atomic E-state index is -4.49. The highest BCUT2D eigenvalue weighted by Crippen LogP contribution is 2.38. The van der Waals surface area contributed by atoms with E-state index >= 15 is 0 Å². The largest absolute Gasteiger partial charge is 0.478 e. The van der Waals surface area contributed by atoms with Crippen LogP contribution in [-0.4, -0.2) is 32.1 Å². The third-order valence-corrected chi connectivity index (χ3v) is 8.35. The van der Waals surface area contributed by atoms with E-state index in [1.54, 1.807) is 56.4 Å². The van der Waals surface area contributed by atoms with Gasteiger partial charge in [-0.05, 0) is 93.4 Å². The van der Waals surface area contributed by atoms with Crippen LogP contribution in [0.25, 0.3) is 22.5 Å². The van der Waals surface area contributed by atoms with E-state index < -0.39 is 23.7 Å². The van der Waals surface area contributed by atoms with Crippen molar-refractivity contribution in [2.24, 2.45) is 0 Å². The number of aromatic carboxylic acids is 2. The monoisotopic (exact) mass is 738 g/mol. The first kappa shape index (κ1) is 38.0. The summed E-state index contributed by atoms with van der Waals surface area (Å²) in [5.74, 6) is -2.04. The average Bonchev–Trinajstić information content (AvgIpc) is 3.10. The molecule has 0 aliphatic rings. The third kappa shape index (κ3) is 9.38. The number of hydrogen-bond donors (Lipinski definition) is 4. The molecule has 0 radical (unpaired) electrons. The normalized spacial score (nSPS) is 10.9. The van der Waals surface area contributed by atoms with Crippen molar-refractivity contribution in [2.45, 2.75) is 33.9 Å². The first-order chi connectivity index (χ1) is 25.1. The van der Waals surface area contributed by atoms with Crippen LogP contribution in [0.4, 0.5) is 35.9 Å². The Hall–Kier alpha value is -6.20. The van der Waals surface area contributed by atoms with Crippen LogP contribution < -0.4 is 10.6 Å². The molecule has 0 unspecified atom stereocenters. The predicted octanol–water partition coefficient (Wildman–Crippen LogP) is 11.3. The van der Waals surface area contributed by atoms with Crippen LogP contribution in [0.1, 0.15) is 48.5 Å². The van der Waals surface area contributed by atoms with Crippen LogP contribution in [0.2, 0.25) is 5.02 Å². The summed E-state index contributed by atoms with van der Waals surface area (Å²) in [5, 5.41) is 25.5. The van der Waals surface area contributed by atoms with Crippen molar-refractivity contribution in [3.63, 3.8) is 0 Å². The van der Waals surface area contributed by atoms with Gasteiger partial charge in [-0.15, -0.1) is 0 Å². The summed E-state index contributed by atoms with van der Waals surface area (Å²) in [6, 6.07) is 26.6. The molecule has 270 valence electrons. The standard InChI is InChI=1S/C21H17F3N2O2.C20H17ClN2O2/c1-12-7-8-18(16(9-12)20(27)28)26-14-10-13(2)19(25-11-14)15-5-3-4-6-17(15)21(22,23)24;1-12-6-7-18(17(8-12)20(24)25)23-16-9-13(2)19(22-11-16)14-4-3-5-15(21)10-14/h3-11,26H,1-2H3,(H,27,28);3-11,23H,1-2H3,(H,24,25). The molecule has 12 heteroatoms. The van der Waals surface area contributed by atoms with E-state index in [0.29, 0.717) is 27.6 Å². The van der Waals surface area contributed by atoms with E-state index in [2.05, 4.69) is 20.6 Å². The predicted molar refractivity (Wildman–Crippen MR) is 202 cm³/mol. The van der Waals surface area contributed by atoms with Crippen molar-refractivity contribution in [3.8, 4) is 22.5 Å². The quantitative estimate of drug-likeness (QED) is 0.122. The van der Waals surface area contributed by atoms with E-state index in [1.165, 1.54) is 24.4 Å². The van der Waals surface area contributed by atoms with Gasteiger partial charge in [0.2, 0.25) is 0 Å². The highest BCUT2D eigenvalue weighted by Gasteiger charge is 2.34. The lowest BCUT2D eigenvalue weighted by molar-refractivity contribution is -0.137. The van der Waals surface area contributed by atoms with Gasteiger partial charge in [0.1, 0.15) is 0 Å². The molecule has 0 fully saturated rings. The lowest BCUT2D eigenvalue weighted by Crippen LogP contribution is -2.08. The van der Waals surface area contributed by atoms with Gasteiger partial charge < -0.3 is 20.8 Å². The molecule has 8 nitrogen and oxygen atoms in total. The van der Waals surface area contributed by atoms with Gasteiger partial charge in [0.05, 0.1) is 63.2 Å². The number of aryl methyl sites for hydroxylation is 4. The first-order valence-corrected chi connectivity index (χ1v) is 16.6. The molecule has 0 spiro atoms. The number of aromatic nitrogens is 2. The molecular weight excluding hydrogens is 705 g/mol. The molecular formula is C41H34ClF3N4O4. The second kappa shape index (κ2) is 16.0. The first-order valence-electron chi connectivity index (χ1n) is 16.2. The van der Waals surface area contributed by atoms with Gasteiger partial charge in [-0.2, -0.15) is 13.2 Å². The second-order valence-corrected chi connectivity index (χ2v) is 12.7. The van der Waals surface area contributed by atoms with E-state index in [9.17, 15) is 33.0 Å². The van der Waals surface area contributed by atoms with Gasteiger partial charge in [-0.1, -0.05) is 65.2 Å². The Bertz CT molecular complexity index is 2330. The molecule has 0 atom stereocenters. The molecule has 6 aromatic rings. The maximum Gasteiger partial charge on any atom is 0.417 e. The van der Waals surface area contributed by atoms with Crippen molar-refractivity contribution in [3.05, 3.63) is 153 Å². The van der Waals surface area contributed by atoms with Crippen LogP contribution in [-0.2, 0) is 6.18 Å². The summed E-state index contributed by atoms with van der Waals surface area (Å²) in [4.78, 5) is 31.6. The van der Waals surface area contributed by atoms with Crippen LogP contribution >= 0.6 is 11.6 Å². The van der Waals surface area contributed by atoms with E-state index in [4.69, 9.17) is 11.6 Å². The zero-order chi connectivity index (χ0) is 38.4. The minimum Gasteiger partial charge on any atom is -0.478 e. The summed E-state index contributed by atoms with van der Waals surface area (Å²) in [6.45, 7) is 7.27. The summed E-state index contributed by atoms with van der Waals surface area (Å²) < 4.78 is 39.9. The number of nitrogens with zero attached hydrogens (tertiary/aromatic N) is 2. The molecule has 4 N–H and O–H groups in total. The Morgan fingerprint density at radius 3 is 1.62 bits per heavy atom. The van der Waals surface area contributed by atoms with Gasteiger partial charge in [0.15, 0.2) is 0 Å². The SMILES string of the molecule is Cc1ccc(Nc2cnc(-c3cccc(Cl)c3)c(C)c2)c(C(=O)O)c1.Cc1ccc(Nc2cnc(-c3ccccc3C(F)(F)F)c(C)c2)c(C(=O)O)c1. The van der Waals surface area contributed by atoms with Crippen LogP contribution in [0.5, 0.6) is 0 Å². The summed E-state index contributed by atoms with van der Waals surface area (Å²) in [5.41, 5.74) is 6.92. The zero-order valence-corrected chi connectivity index (χ0v) is 29.8. The molecule has 0 bridgehead atoms. The Labute approximate surface area is 309 Å². The number of carboxylic acids is 2. The van der Waals surface area contributed by atoms with Crippen molar-refractivity contribution < 1.29 is 33.0 Å². The number of pyridine rings is 2. The highest BCUT2D eigenvalue weighted by molar-refractivity contribution is 6.30. The fourth-order valence-corrected chi connectivity index (χ4v) is 5.83. The number of anilines is 4. The van der Waals surface area contributed by atoms with E-state index in [-0.39, 0.29) is 22.4 Å². The Balaban J connectivity index is 0.000000206. The molecule has 0 aliphatic carbocycles. The molecule has 0 saturated carbocycles. The third-order valence-electron chi connectivity index (χ3n) is 8.11. The number of nitrogens with one attached hydrogen (secondary N) is 2. The lowest BCUT2D eigenvalue weighted by atomic mass is 10.00. The lowest BCUT2D eigenvalue weighted by Gasteiger charge is -2.15. The van der Waals surface area contributed by atoms with Crippen LogP contribution in [0.15, 0.2) is 109 Å². The summed E-state index contributed by atoms with van der Waals surface area (Å²) in [7, 11) is 0. The molecule has 0 amide bonds. The highest BCUT2D eigenvalue weighted by atomic mass is 35.5. The number of rotatable bonds is 8. The number of halogens is 4. The average molecular weight is 739 g/mol. The molecule has 53 heavy (non-hydrogen) atoms. The minimum absolute atomic E-state index is 0.000566. The maximum atomic E-state index is 13.3. The number of carboxylic acid groups (broad SMARTS) is 2. The molecule has 0 aliphatic heterocycles. The van der Waals surface area contributed by atoms with Gasteiger partial charge in [0.25, 0.3) is 0 Å². The molecule has 0 saturated heterocycles. The second-order valence-electron chi connectivity index (χ2n) is 12.3.